The van der Waals surface area contributed by atoms with E-state index in [9.17, 15) is 9.59 Å². The second kappa shape index (κ2) is 4.81. The van der Waals surface area contributed by atoms with Gasteiger partial charge in [0.15, 0.2) is 0 Å². The molecule has 2 amide bonds. The first-order valence-electron chi connectivity index (χ1n) is 4.34. The first-order chi connectivity index (χ1) is 6.20. The standard InChI is InChI=1S/C8H14N2O3/c9-7(11)5-10-8(12)6-1-3-13-4-2-6/h6H,1-5H2,(H2,9,11)(H,10,12). The molecule has 1 heterocycles. The Morgan fingerprint density at radius 2 is 2.00 bits per heavy atom. The summed E-state index contributed by atoms with van der Waals surface area (Å²) in [6.45, 7) is 1.17. The molecule has 5 heteroatoms. The van der Waals surface area contributed by atoms with Crippen molar-refractivity contribution in [3.63, 3.8) is 0 Å². The van der Waals surface area contributed by atoms with Gasteiger partial charge >= 0.3 is 0 Å². The smallest absolute Gasteiger partial charge is 0.236 e. The number of nitrogens with one attached hydrogen (secondary N) is 1. The van der Waals surface area contributed by atoms with Crippen LogP contribution in [-0.4, -0.2) is 31.6 Å². The predicted molar refractivity (Wildman–Crippen MR) is 45.7 cm³/mol. The van der Waals surface area contributed by atoms with Crippen LogP contribution in [0.5, 0.6) is 0 Å². The summed E-state index contributed by atoms with van der Waals surface area (Å²) in [5.74, 6) is -0.629. The van der Waals surface area contributed by atoms with Crippen LogP contribution >= 0.6 is 0 Å². The molecule has 1 fully saturated rings. The highest BCUT2D eigenvalue weighted by Crippen LogP contribution is 2.13. The molecule has 0 aromatic rings. The Labute approximate surface area is 76.6 Å². The number of amides is 2. The average Bonchev–Trinajstić information content (AvgIpc) is 2.15. The highest BCUT2D eigenvalue weighted by Gasteiger charge is 2.21. The van der Waals surface area contributed by atoms with Crippen molar-refractivity contribution in [1.82, 2.24) is 5.32 Å². The van der Waals surface area contributed by atoms with Gasteiger partial charge in [-0.3, -0.25) is 9.59 Å². The number of carbonyl (C=O) groups is 2. The van der Waals surface area contributed by atoms with Crippen LogP contribution in [0.25, 0.3) is 0 Å². The minimum absolute atomic E-state index is 0.0203. The van der Waals surface area contributed by atoms with E-state index in [0.29, 0.717) is 13.2 Å². The molecule has 74 valence electrons. The molecule has 1 aliphatic rings. The zero-order valence-corrected chi connectivity index (χ0v) is 7.41. The monoisotopic (exact) mass is 186 g/mol. The molecule has 0 saturated carbocycles. The Kier molecular flexibility index (Phi) is 3.70. The van der Waals surface area contributed by atoms with Gasteiger partial charge in [-0.1, -0.05) is 0 Å². The summed E-state index contributed by atoms with van der Waals surface area (Å²) in [5.41, 5.74) is 4.89. The van der Waals surface area contributed by atoms with Crippen LogP contribution in [0.2, 0.25) is 0 Å². The van der Waals surface area contributed by atoms with Crippen molar-refractivity contribution in [1.29, 1.82) is 0 Å². The zero-order chi connectivity index (χ0) is 9.68. The Morgan fingerprint density at radius 3 is 2.54 bits per heavy atom. The number of primary amides is 1. The maximum atomic E-state index is 11.3. The predicted octanol–water partition coefficient (Wildman–Crippen LogP) is -0.986. The Bertz CT molecular complexity index is 200. The molecule has 1 rings (SSSR count). The van der Waals surface area contributed by atoms with E-state index in [1.807, 2.05) is 0 Å². The third-order valence-corrected chi connectivity index (χ3v) is 2.03. The first-order valence-corrected chi connectivity index (χ1v) is 4.34. The fourth-order valence-corrected chi connectivity index (χ4v) is 1.28. The van der Waals surface area contributed by atoms with Crippen LogP contribution < -0.4 is 11.1 Å². The van der Waals surface area contributed by atoms with E-state index in [-0.39, 0.29) is 18.4 Å². The van der Waals surface area contributed by atoms with Gasteiger partial charge in [-0.05, 0) is 12.8 Å². The summed E-state index contributed by atoms with van der Waals surface area (Å²) in [5, 5.41) is 2.48. The molecule has 0 aromatic carbocycles. The van der Waals surface area contributed by atoms with E-state index in [1.54, 1.807) is 0 Å². The van der Waals surface area contributed by atoms with Crippen molar-refractivity contribution in [2.45, 2.75) is 12.8 Å². The van der Waals surface area contributed by atoms with E-state index in [1.165, 1.54) is 0 Å². The Balaban J connectivity index is 2.25. The molecular formula is C8H14N2O3. The Morgan fingerprint density at radius 1 is 1.38 bits per heavy atom. The quantitative estimate of drug-likeness (QED) is 0.594. The van der Waals surface area contributed by atoms with Gasteiger partial charge in [0.05, 0.1) is 6.54 Å². The van der Waals surface area contributed by atoms with Crippen LogP contribution in [0.1, 0.15) is 12.8 Å². The molecule has 0 radical (unpaired) electrons. The van der Waals surface area contributed by atoms with E-state index in [4.69, 9.17) is 10.5 Å². The fraction of sp³-hybridized carbons (Fsp3) is 0.750. The molecule has 0 bridgehead atoms. The van der Waals surface area contributed by atoms with Gasteiger partial charge in [0.2, 0.25) is 11.8 Å². The zero-order valence-electron chi connectivity index (χ0n) is 7.41. The molecule has 0 aromatic heterocycles. The van der Waals surface area contributed by atoms with Crippen LogP contribution in [-0.2, 0) is 14.3 Å². The number of hydrogen-bond acceptors (Lipinski definition) is 3. The second-order valence-electron chi connectivity index (χ2n) is 3.07. The summed E-state index contributed by atoms with van der Waals surface area (Å²) < 4.78 is 5.10. The van der Waals surface area contributed by atoms with Crippen LogP contribution in [0, 0.1) is 5.92 Å². The lowest BCUT2D eigenvalue weighted by molar-refractivity contribution is -0.130. The average molecular weight is 186 g/mol. The van der Waals surface area contributed by atoms with Gasteiger partial charge in [-0.2, -0.15) is 0 Å². The summed E-state index contributed by atoms with van der Waals surface area (Å²) in [6, 6.07) is 0. The molecular weight excluding hydrogens is 172 g/mol. The maximum Gasteiger partial charge on any atom is 0.236 e. The lowest BCUT2D eigenvalue weighted by atomic mass is 9.99. The SMILES string of the molecule is NC(=O)CNC(=O)C1CCOCC1. The largest absolute Gasteiger partial charge is 0.381 e. The van der Waals surface area contributed by atoms with Gasteiger partial charge in [-0.15, -0.1) is 0 Å². The lowest BCUT2D eigenvalue weighted by Crippen LogP contribution is -2.39. The van der Waals surface area contributed by atoms with Crippen molar-refractivity contribution < 1.29 is 14.3 Å². The van der Waals surface area contributed by atoms with Crippen LogP contribution in [0.4, 0.5) is 0 Å². The lowest BCUT2D eigenvalue weighted by Gasteiger charge is -2.20. The molecule has 13 heavy (non-hydrogen) atoms. The van der Waals surface area contributed by atoms with Crippen molar-refractivity contribution in [3.8, 4) is 0 Å². The van der Waals surface area contributed by atoms with E-state index >= 15 is 0 Å². The van der Waals surface area contributed by atoms with Crippen molar-refractivity contribution in [2.24, 2.45) is 11.7 Å². The van der Waals surface area contributed by atoms with Gasteiger partial charge in [0.1, 0.15) is 0 Å². The van der Waals surface area contributed by atoms with Crippen molar-refractivity contribution in [2.75, 3.05) is 19.8 Å². The molecule has 0 aliphatic carbocycles. The summed E-state index contributed by atoms with van der Waals surface area (Å²) in [7, 11) is 0. The molecule has 3 N–H and O–H groups in total. The van der Waals surface area contributed by atoms with E-state index in [0.717, 1.165) is 12.8 Å². The van der Waals surface area contributed by atoms with Gasteiger partial charge < -0.3 is 15.8 Å². The minimum atomic E-state index is -0.514. The van der Waals surface area contributed by atoms with Crippen molar-refractivity contribution >= 4 is 11.8 Å². The summed E-state index contributed by atoms with van der Waals surface area (Å²) >= 11 is 0. The van der Waals surface area contributed by atoms with E-state index in [2.05, 4.69) is 5.32 Å². The number of ether oxygens (including phenoxy) is 1. The Hall–Kier alpha value is -1.10. The molecule has 0 atom stereocenters. The highest BCUT2D eigenvalue weighted by atomic mass is 16.5. The normalized spacial score (nSPS) is 18.2. The van der Waals surface area contributed by atoms with Gasteiger partial charge in [0, 0.05) is 19.1 Å². The molecule has 5 nitrogen and oxygen atoms in total. The second-order valence-corrected chi connectivity index (χ2v) is 3.07. The summed E-state index contributed by atoms with van der Waals surface area (Å²) in [6.07, 6.45) is 1.45. The number of hydrogen-bond donors (Lipinski definition) is 2. The highest BCUT2D eigenvalue weighted by molar-refractivity contribution is 5.84. The maximum absolute atomic E-state index is 11.3. The van der Waals surface area contributed by atoms with Crippen LogP contribution in [0.3, 0.4) is 0 Å². The topological polar surface area (TPSA) is 81.4 Å². The number of nitrogens with two attached hydrogens (primary N) is 1. The van der Waals surface area contributed by atoms with Crippen molar-refractivity contribution in [3.05, 3.63) is 0 Å². The molecule has 1 saturated heterocycles. The minimum Gasteiger partial charge on any atom is -0.381 e. The molecule has 0 unspecified atom stereocenters. The fourth-order valence-electron chi connectivity index (χ4n) is 1.28. The third-order valence-electron chi connectivity index (χ3n) is 2.03. The van der Waals surface area contributed by atoms with Gasteiger partial charge in [-0.25, -0.2) is 0 Å². The van der Waals surface area contributed by atoms with E-state index < -0.39 is 5.91 Å². The molecule has 1 aliphatic heterocycles. The van der Waals surface area contributed by atoms with Gasteiger partial charge in [0.25, 0.3) is 0 Å². The number of carbonyl (C=O) groups excluding carboxylic acids is 2. The summed E-state index contributed by atoms with van der Waals surface area (Å²) in [4.78, 5) is 21.7. The van der Waals surface area contributed by atoms with Crippen LogP contribution in [0.15, 0.2) is 0 Å². The molecule has 0 spiro atoms. The third kappa shape index (κ3) is 3.42. The number of rotatable bonds is 3. The first kappa shape index (κ1) is 9.98.